The molecular formula is C21H17N3O. The van der Waals surface area contributed by atoms with E-state index in [1.807, 2.05) is 54.9 Å². The Morgan fingerprint density at radius 1 is 1.08 bits per heavy atom. The smallest absolute Gasteiger partial charge is 0.185 e. The molecule has 0 spiro atoms. The summed E-state index contributed by atoms with van der Waals surface area (Å²) in [6.45, 7) is 3.91. The fourth-order valence-electron chi connectivity index (χ4n) is 2.68. The van der Waals surface area contributed by atoms with E-state index in [0.717, 1.165) is 22.6 Å². The Morgan fingerprint density at radius 3 is 2.40 bits per heavy atom. The third kappa shape index (κ3) is 3.41. The Morgan fingerprint density at radius 2 is 1.76 bits per heavy atom. The average Bonchev–Trinajstić information content (AvgIpc) is 2.94. The van der Waals surface area contributed by atoms with Crippen molar-refractivity contribution in [1.29, 1.82) is 5.26 Å². The summed E-state index contributed by atoms with van der Waals surface area (Å²) in [7, 11) is 0. The van der Waals surface area contributed by atoms with Crippen molar-refractivity contribution in [3.05, 3.63) is 88.8 Å². The predicted octanol–water partition coefficient (Wildman–Crippen LogP) is 4.26. The van der Waals surface area contributed by atoms with Crippen LogP contribution in [0.4, 0.5) is 0 Å². The molecule has 3 aromatic rings. The van der Waals surface area contributed by atoms with Crippen molar-refractivity contribution in [3.63, 3.8) is 0 Å². The van der Waals surface area contributed by atoms with E-state index in [0.29, 0.717) is 11.1 Å². The molecule has 0 bridgehead atoms. The highest BCUT2D eigenvalue weighted by Crippen LogP contribution is 2.19. The summed E-state index contributed by atoms with van der Waals surface area (Å²) >= 11 is 0. The lowest BCUT2D eigenvalue weighted by Crippen LogP contribution is -1.98. The summed E-state index contributed by atoms with van der Waals surface area (Å²) in [6.07, 6.45) is 3.35. The topological polar surface area (TPSA) is 58.7 Å². The van der Waals surface area contributed by atoms with Crippen LogP contribution < -0.4 is 0 Å². The van der Waals surface area contributed by atoms with Crippen molar-refractivity contribution in [2.75, 3.05) is 0 Å². The highest BCUT2D eigenvalue weighted by Gasteiger charge is 2.11. The maximum absolute atomic E-state index is 12.3. The fourth-order valence-corrected chi connectivity index (χ4v) is 2.68. The second kappa shape index (κ2) is 6.98. The molecule has 0 radical (unpaired) electrons. The predicted molar refractivity (Wildman–Crippen MR) is 97.6 cm³/mol. The summed E-state index contributed by atoms with van der Waals surface area (Å²) in [6, 6.07) is 18.6. The van der Waals surface area contributed by atoms with E-state index in [4.69, 9.17) is 5.26 Å². The number of hydrogen-bond acceptors (Lipinski definition) is 3. The van der Waals surface area contributed by atoms with E-state index in [1.165, 1.54) is 0 Å². The number of aromatic nitrogens is 2. The Balaban J connectivity index is 1.87. The summed E-state index contributed by atoms with van der Waals surface area (Å²) in [5, 5.41) is 13.4. The number of nitriles is 1. The van der Waals surface area contributed by atoms with Crippen LogP contribution in [0.3, 0.4) is 0 Å². The lowest BCUT2D eigenvalue weighted by Gasteiger charge is -2.03. The lowest BCUT2D eigenvalue weighted by molar-refractivity contribution is 0.104. The number of nitrogens with zero attached hydrogens (tertiary/aromatic N) is 3. The van der Waals surface area contributed by atoms with Crippen molar-refractivity contribution in [2.24, 2.45) is 0 Å². The number of rotatable bonds is 4. The standard InChI is InChI=1S/C21H17N3O/c1-15-20(16(2)24(23-15)19-6-4-3-5-7-19)12-13-21(25)18-10-8-17(14-22)9-11-18/h3-13H,1-2H3/b13-12+. The van der Waals surface area contributed by atoms with Gasteiger partial charge in [-0.2, -0.15) is 10.4 Å². The van der Waals surface area contributed by atoms with Gasteiger partial charge in [-0.15, -0.1) is 0 Å². The first-order chi connectivity index (χ1) is 12.1. The zero-order chi connectivity index (χ0) is 17.8. The molecule has 0 aliphatic rings. The first-order valence-electron chi connectivity index (χ1n) is 7.94. The first kappa shape index (κ1) is 16.4. The van der Waals surface area contributed by atoms with Crippen molar-refractivity contribution in [3.8, 4) is 11.8 Å². The molecule has 0 aliphatic carbocycles. The minimum absolute atomic E-state index is 0.101. The highest BCUT2D eigenvalue weighted by molar-refractivity contribution is 6.06. The van der Waals surface area contributed by atoms with Crippen LogP contribution in [-0.4, -0.2) is 15.6 Å². The minimum atomic E-state index is -0.101. The molecule has 122 valence electrons. The van der Waals surface area contributed by atoms with Gasteiger partial charge >= 0.3 is 0 Å². The van der Waals surface area contributed by atoms with Gasteiger partial charge in [-0.25, -0.2) is 4.68 Å². The fraction of sp³-hybridized carbons (Fsp3) is 0.0952. The van der Waals surface area contributed by atoms with Gasteiger partial charge in [0.1, 0.15) is 0 Å². The highest BCUT2D eigenvalue weighted by atomic mass is 16.1. The maximum Gasteiger partial charge on any atom is 0.185 e. The summed E-state index contributed by atoms with van der Waals surface area (Å²) in [5.41, 5.74) is 4.86. The van der Waals surface area contributed by atoms with Gasteiger partial charge in [0.15, 0.2) is 5.78 Å². The molecule has 0 unspecified atom stereocenters. The van der Waals surface area contributed by atoms with E-state index in [1.54, 1.807) is 36.4 Å². The van der Waals surface area contributed by atoms with Gasteiger partial charge in [0.2, 0.25) is 0 Å². The van der Waals surface area contributed by atoms with Crippen LogP contribution in [0.25, 0.3) is 11.8 Å². The second-order valence-electron chi connectivity index (χ2n) is 5.72. The molecule has 4 nitrogen and oxygen atoms in total. The van der Waals surface area contributed by atoms with Gasteiger partial charge in [-0.3, -0.25) is 4.79 Å². The molecule has 0 fully saturated rings. The van der Waals surface area contributed by atoms with E-state index < -0.39 is 0 Å². The zero-order valence-corrected chi connectivity index (χ0v) is 14.1. The van der Waals surface area contributed by atoms with Crippen LogP contribution in [0.15, 0.2) is 60.7 Å². The number of aryl methyl sites for hydroxylation is 1. The molecule has 0 saturated heterocycles. The third-order valence-electron chi connectivity index (χ3n) is 4.05. The minimum Gasteiger partial charge on any atom is -0.289 e. The number of benzene rings is 2. The molecule has 0 N–H and O–H groups in total. The first-order valence-corrected chi connectivity index (χ1v) is 7.94. The molecule has 0 saturated carbocycles. The molecular weight excluding hydrogens is 310 g/mol. The molecule has 1 aromatic heterocycles. The van der Waals surface area contributed by atoms with E-state index in [-0.39, 0.29) is 5.78 Å². The van der Waals surface area contributed by atoms with Crippen molar-refractivity contribution in [1.82, 2.24) is 9.78 Å². The number of ketones is 1. The summed E-state index contributed by atoms with van der Waals surface area (Å²) < 4.78 is 1.88. The summed E-state index contributed by atoms with van der Waals surface area (Å²) in [5.74, 6) is -0.101. The van der Waals surface area contributed by atoms with Crippen molar-refractivity contribution < 1.29 is 4.79 Å². The lowest BCUT2D eigenvalue weighted by atomic mass is 10.1. The second-order valence-corrected chi connectivity index (χ2v) is 5.72. The monoisotopic (exact) mass is 327 g/mol. The maximum atomic E-state index is 12.3. The Labute approximate surface area is 146 Å². The Bertz CT molecular complexity index is 974. The van der Waals surface area contributed by atoms with Gasteiger partial charge in [-0.05, 0) is 62.4 Å². The molecule has 25 heavy (non-hydrogen) atoms. The average molecular weight is 327 g/mol. The van der Waals surface area contributed by atoms with Crippen molar-refractivity contribution in [2.45, 2.75) is 13.8 Å². The number of allylic oxidation sites excluding steroid dienone is 1. The summed E-state index contributed by atoms with van der Waals surface area (Å²) in [4.78, 5) is 12.3. The van der Waals surface area contributed by atoms with E-state index in [2.05, 4.69) is 5.10 Å². The SMILES string of the molecule is Cc1nn(-c2ccccc2)c(C)c1/C=C/C(=O)c1ccc(C#N)cc1. The van der Waals surface area contributed by atoms with E-state index in [9.17, 15) is 4.79 Å². The van der Waals surface area contributed by atoms with E-state index >= 15 is 0 Å². The molecule has 1 heterocycles. The Hall–Kier alpha value is -3.45. The number of carbonyl (C=O) groups is 1. The van der Waals surface area contributed by atoms with Gasteiger partial charge in [0.05, 0.1) is 23.0 Å². The van der Waals surface area contributed by atoms with Gasteiger partial charge < -0.3 is 0 Å². The normalized spacial score (nSPS) is 10.8. The van der Waals surface area contributed by atoms with Crippen LogP contribution in [-0.2, 0) is 0 Å². The van der Waals surface area contributed by atoms with Crippen LogP contribution >= 0.6 is 0 Å². The molecule has 4 heteroatoms. The van der Waals surface area contributed by atoms with Crippen molar-refractivity contribution >= 4 is 11.9 Å². The van der Waals surface area contributed by atoms with Gasteiger partial charge in [0, 0.05) is 16.8 Å². The number of para-hydroxylation sites is 1. The zero-order valence-electron chi connectivity index (χ0n) is 14.1. The third-order valence-corrected chi connectivity index (χ3v) is 4.05. The number of carbonyl (C=O) groups excluding carboxylic acids is 1. The van der Waals surface area contributed by atoms with Gasteiger partial charge in [-0.1, -0.05) is 18.2 Å². The molecule has 0 amide bonds. The molecule has 0 aliphatic heterocycles. The van der Waals surface area contributed by atoms with Gasteiger partial charge in [0.25, 0.3) is 0 Å². The van der Waals surface area contributed by atoms with Crippen LogP contribution in [0, 0.1) is 25.2 Å². The molecule has 0 atom stereocenters. The van der Waals surface area contributed by atoms with Crippen LogP contribution in [0.1, 0.15) is 32.9 Å². The largest absolute Gasteiger partial charge is 0.289 e. The molecule has 2 aromatic carbocycles. The quantitative estimate of drug-likeness (QED) is 0.531. The number of hydrogen-bond donors (Lipinski definition) is 0. The van der Waals surface area contributed by atoms with Crippen LogP contribution in [0.2, 0.25) is 0 Å². The molecule has 3 rings (SSSR count). The Kier molecular flexibility index (Phi) is 4.58. The van der Waals surface area contributed by atoms with Crippen LogP contribution in [0.5, 0.6) is 0 Å².